The van der Waals surface area contributed by atoms with E-state index in [2.05, 4.69) is 5.32 Å². The smallest absolute Gasteiger partial charge is 0.241 e. The van der Waals surface area contributed by atoms with Crippen molar-refractivity contribution in [3.8, 4) is 0 Å². The van der Waals surface area contributed by atoms with E-state index in [1.165, 1.54) is 0 Å². The Bertz CT molecular complexity index is 346. The highest BCUT2D eigenvalue weighted by molar-refractivity contribution is 5.83. The molecule has 1 atom stereocenters. The van der Waals surface area contributed by atoms with Crippen LogP contribution in [0.3, 0.4) is 0 Å². The van der Waals surface area contributed by atoms with Crippen LogP contribution in [-0.4, -0.2) is 31.4 Å². The van der Waals surface area contributed by atoms with Gasteiger partial charge in [0.15, 0.2) is 0 Å². The lowest BCUT2D eigenvalue weighted by Gasteiger charge is -2.23. The molecule has 0 spiro atoms. The van der Waals surface area contributed by atoms with Gasteiger partial charge in [-0.2, -0.15) is 0 Å². The highest BCUT2D eigenvalue weighted by Crippen LogP contribution is 2.19. The zero-order valence-electron chi connectivity index (χ0n) is 10.0. The molecular formula is C12H19N3O. The van der Waals surface area contributed by atoms with Gasteiger partial charge in [0, 0.05) is 12.2 Å². The molecule has 88 valence electrons. The fraction of sp³-hybridized carbons (Fsp3) is 0.417. The summed E-state index contributed by atoms with van der Waals surface area (Å²) in [7, 11) is 3.77. The Morgan fingerprint density at radius 3 is 2.38 bits per heavy atom. The van der Waals surface area contributed by atoms with E-state index in [0.29, 0.717) is 12.2 Å². The Balaban J connectivity index is 2.93. The van der Waals surface area contributed by atoms with Gasteiger partial charge in [-0.3, -0.25) is 9.69 Å². The minimum atomic E-state index is -0.263. The molecule has 16 heavy (non-hydrogen) atoms. The predicted molar refractivity (Wildman–Crippen MR) is 66.0 cm³/mol. The third-order valence-electron chi connectivity index (χ3n) is 2.37. The van der Waals surface area contributed by atoms with Crippen molar-refractivity contribution in [1.29, 1.82) is 0 Å². The molecule has 0 radical (unpaired) electrons. The lowest BCUT2D eigenvalue weighted by Crippen LogP contribution is -2.36. The predicted octanol–water partition coefficient (Wildman–Crippen LogP) is 1.01. The van der Waals surface area contributed by atoms with Crippen molar-refractivity contribution < 1.29 is 4.79 Å². The highest BCUT2D eigenvalue weighted by Gasteiger charge is 2.21. The summed E-state index contributed by atoms with van der Waals surface area (Å²) in [4.78, 5) is 13.8. The van der Waals surface area contributed by atoms with E-state index in [1.807, 2.05) is 50.2 Å². The molecule has 1 aromatic rings. The van der Waals surface area contributed by atoms with Gasteiger partial charge in [0.2, 0.25) is 5.91 Å². The normalized spacial score (nSPS) is 12.5. The first-order chi connectivity index (χ1) is 7.56. The SMILES string of the molecule is CCNC(=O)C(c1ccc(N)cc1)N(C)C. The number of hydrogen-bond acceptors (Lipinski definition) is 3. The van der Waals surface area contributed by atoms with Crippen molar-refractivity contribution in [2.75, 3.05) is 26.4 Å². The van der Waals surface area contributed by atoms with Crippen LogP contribution in [0.4, 0.5) is 5.69 Å². The average Bonchev–Trinajstić information content (AvgIpc) is 2.21. The van der Waals surface area contributed by atoms with E-state index < -0.39 is 0 Å². The van der Waals surface area contributed by atoms with Crippen LogP contribution in [0.15, 0.2) is 24.3 Å². The number of rotatable bonds is 4. The second kappa shape index (κ2) is 5.51. The fourth-order valence-corrected chi connectivity index (χ4v) is 1.63. The molecule has 1 unspecified atom stereocenters. The van der Waals surface area contributed by atoms with Crippen LogP contribution >= 0.6 is 0 Å². The third kappa shape index (κ3) is 2.97. The maximum atomic E-state index is 11.9. The molecule has 0 aliphatic heterocycles. The van der Waals surface area contributed by atoms with Gasteiger partial charge < -0.3 is 11.1 Å². The number of amides is 1. The number of carbonyl (C=O) groups is 1. The van der Waals surface area contributed by atoms with E-state index in [1.54, 1.807) is 0 Å². The van der Waals surface area contributed by atoms with E-state index >= 15 is 0 Å². The number of hydrogen-bond donors (Lipinski definition) is 2. The van der Waals surface area contributed by atoms with Crippen LogP contribution < -0.4 is 11.1 Å². The molecule has 1 aromatic carbocycles. The van der Waals surface area contributed by atoms with E-state index in [-0.39, 0.29) is 11.9 Å². The summed E-state index contributed by atoms with van der Waals surface area (Å²) in [6.45, 7) is 2.55. The Morgan fingerprint density at radius 2 is 1.94 bits per heavy atom. The van der Waals surface area contributed by atoms with Crippen molar-refractivity contribution in [2.24, 2.45) is 0 Å². The van der Waals surface area contributed by atoms with Gasteiger partial charge in [-0.15, -0.1) is 0 Å². The number of nitrogens with two attached hydrogens (primary N) is 1. The number of carbonyl (C=O) groups excluding carboxylic acids is 1. The fourth-order valence-electron chi connectivity index (χ4n) is 1.63. The Kier molecular flexibility index (Phi) is 4.31. The van der Waals surface area contributed by atoms with Crippen LogP contribution in [0, 0.1) is 0 Å². The first-order valence-corrected chi connectivity index (χ1v) is 5.35. The van der Waals surface area contributed by atoms with Gasteiger partial charge in [0.05, 0.1) is 0 Å². The molecule has 0 saturated carbocycles. The first kappa shape index (κ1) is 12.5. The summed E-state index contributed by atoms with van der Waals surface area (Å²) in [5.74, 6) is 0.0114. The molecule has 0 aromatic heterocycles. The number of anilines is 1. The summed E-state index contributed by atoms with van der Waals surface area (Å²) in [5, 5.41) is 2.83. The van der Waals surface area contributed by atoms with Crippen molar-refractivity contribution >= 4 is 11.6 Å². The van der Waals surface area contributed by atoms with E-state index in [4.69, 9.17) is 5.73 Å². The second-order valence-electron chi connectivity index (χ2n) is 3.93. The Morgan fingerprint density at radius 1 is 1.38 bits per heavy atom. The van der Waals surface area contributed by atoms with Gasteiger partial charge in [-0.1, -0.05) is 12.1 Å². The van der Waals surface area contributed by atoms with Gasteiger partial charge in [-0.25, -0.2) is 0 Å². The highest BCUT2D eigenvalue weighted by atomic mass is 16.2. The molecule has 3 N–H and O–H groups in total. The summed E-state index contributed by atoms with van der Waals surface area (Å²) in [5.41, 5.74) is 7.28. The average molecular weight is 221 g/mol. The van der Waals surface area contributed by atoms with Crippen LogP contribution in [0.2, 0.25) is 0 Å². The Hall–Kier alpha value is -1.55. The number of likely N-dealkylation sites (N-methyl/N-ethyl adjacent to an activating group) is 2. The van der Waals surface area contributed by atoms with Gasteiger partial charge >= 0.3 is 0 Å². The molecule has 0 aliphatic carbocycles. The van der Waals surface area contributed by atoms with Crippen molar-refractivity contribution in [3.63, 3.8) is 0 Å². The van der Waals surface area contributed by atoms with Crippen molar-refractivity contribution in [2.45, 2.75) is 13.0 Å². The molecule has 4 nitrogen and oxygen atoms in total. The van der Waals surface area contributed by atoms with Crippen molar-refractivity contribution in [1.82, 2.24) is 10.2 Å². The molecular weight excluding hydrogens is 202 g/mol. The molecule has 0 fully saturated rings. The van der Waals surface area contributed by atoms with Gasteiger partial charge in [0.1, 0.15) is 6.04 Å². The minimum Gasteiger partial charge on any atom is -0.399 e. The minimum absolute atomic E-state index is 0.0114. The molecule has 0 heterocycles. The zero-order chi connectivity index (χ0) is 12.1. The van der Waals surface area contributed by atoms with Crippen molar-refractivity contribution in [3.05, 3.63) is 29.8 Å². The standard InChI is InChI=1S/C12H19N3O/c1-4-14-12(16)11(15(2)3)9-5-7-10(13)8-6-9/h5-8,11H,4,13H2,1-3H3,(H,14,16). The Labute approximate surface area is 96.4 Å². The third-order valence-corrected chi connectivity index (χ3v) is 2.37. The molecule has 1 amide bonds. The largest absolute Gasteiger partial charge is 0.399 e. The summed E-state index contributed by atoms with van der Waals surface area (Å²) < 4.78 is 0. The van der Waals surface area contributed by atoms with Crippen LogP contribution in [0.5, 0.6) is 0 Å². The van der Waals surface area contributed by atoms with Gasteiger partial charge in [0.25, 0.3) is 0 Å². The molecule has 4 heteroatoms. The molecule has 0 saturated heterocycles. The lowest BCUT2D eigenvalue weighted by molar-refractivity contribution is -0.125. The van der Waals surface area contributed by atoms with Crippen LogP contribution in [0.1, 0.15) is 18.5 Å². The maximum absolute atomic E-state index is 11.9. The molecule has 0 bridgehead atoms. The quantitative estimate of drug-likeness (QED) is 0.746. The first-order valence-electron chi connectivity index (χ1n) is 5.35. The monoisotopic (exact) mass is 221 g/mol. The summed E-state index contributed by atoms with van der Waals surface area (Å²) >= 11 is 0. The molecule has 1 rings (SSSR count). The summed E-state index contributed by atoms with van der Waals surface area (Å²) in [6, 6.07) is 7.13. The van der Waals surface area contributed by atoms with E-state index in [9.17, 15) is 4.79 Å². The second-order valence-corrected chi connectivity index (χ2v) is 3.93. The maximum Gasteiger partial charge on any atom is 0.241 e. The van der Waals surface area contributed by atoms with Crippen LogP contribution in [-0.2, 0) is 4.79 Å². The lowest BCUT2D eigenvalue weighted by atomic mass is 10.0. The molecule has 0 aliphatic rings. The number of nitrogens with zero attached hydrogens (tertiary/aromatic N) is 1. The van der Waals surface area contributed by atoms with E-state index in [0.717, 1.165) is 5.56 Å². The topological polar surface area (TPSA) is 58.4 Å². The van der Waals surface area contributed by atoms with Crippen LogP contribution in [0.25, 0.3) is 0 Å². The summed E-state index contributed by atoms with van der Waals surface area (Å²) in [6.07, 6.45) is 0. The number of benzene rings is 1. The number of nitrogen functional groups attached to an aromatic ring is 1. The zero-order valence-corrected chi connectivity index (χ0v) is 10.0. The van der Waals surface area contributed by atoms with Gasteiger partial charge in [-0.05, 0) is 38.7 Å². The number of nitrogens with one attached hydrogen (secondary N) is 1.